The molecule has 128 valence electrons. The van der Waals surface area contributed by atoms with E-state index in [4.69, 9.17) is 19.8 Å². The molecular formula is C20H22N4O. The van der Waals surface area contributed by atoms with Crippen molar-refractivity contribution in [1.29, 1.82) is 0 Å². The minimum atomic E-state index is 0.110. The van der Waals surface area contributed by atoms with Crippen molar-refractivity contribution >= 4 is 5.78 Å². The molecule has 0 amide bonds. The molecule has 0 aliphatic heterocycles. The van der Waals surface area contributed by atoms with Crippen LogP contribution in [0.5, 0.6) is 5.75 Å². The smallest absolute Gasteiger partial charge is 0.251 e. The summed E-state index contributed by atoms with van der Waals surface area (Å²) in [6, 6.07) is 7.93. The van der Waals surface area contributed by atoms with E-state index in [2.05, 4.69) is 20.8 Å². The summed E-state index contributed by atoms with van der Waals surface area (Å²) in [7, 11) is 1.67. The molecule has 2 aromatic heterocycles. The molecule has 0 unspecified atom stereocenters. The van der Waals surface area contributed by atoms with Crippen molar-refractivity contribution in [2.45, 2.75) is 44.9 Å². The molecule has 2 bridgehead atoms. The maximum atomic E-state index is 5.23. The number of aromatic nitrogens is 4. The lowest BCUT2D eigenvalue weighted by Gasteiger charge is -2.33. The lowest BCUT2D eigenvalue weighted by molar-refractivity contribution is 0.226. The highest BCUT2D eigenvalue weighted by Crippen LogP contribution is 2.66. The Morgan fingerprint density at radius 3 is 2.60 bits per heavy atom. The van der Waals surface area contributed by atoms with Gasteiger partial charge in [0, 0.05) is 16.9 Å². The van der Waals surface area contributed by atoms with E-state index in [0.717, 1.165) is 22.7 Å². The number of benzene rings is 1. The number of imidazole rings is 1. The lowest BCUT2D eigenvalue weighted by atomic mass is 9.70. The van der Waals surface area contributed by atoms with E-state index >= 15 is 0 Å². The third-order valence-electron chi connectivity index (χ3n) is 6.81. The second kappa shape index (κ2) is 4.59. The van der Waals surface area contributed by atoms with E-state index in [9.17, 15) is 0 Å². The fourth-order valence-corrected chi connectivity index (χ4v) is 4.77. The molecule has 0 spiro atoms. The zero-order valence-electron chi connectivity index (χ0n) is 15.1. The fraction of sp³-hybridized carbons (Fsp3) is 0.450. The van der Waals surface area contributed by atoms with Crippen LogP contribution in [0.2, 0.25) is 0 Å². The first-order valence-electron chi connectivity index (χ1n) is 8.86. The van der Waals surface area contributed by atoms with Gasteiger partial charge < -0.3 is 4.74 Å². The molecule has 2 heterocycles. The van der Waals surface area contributed by atoms with Gasteiger partial charge in [-0.15, -0.1) is 0 Å². The highest BCUT2D eigenvalue weighted by atomic mass is 16.5. The number of rotatable bonds is 2. The van der Waals surface area contributed by atoms with E-state index in [1.807, 2.05) is 35.0 Å². The van der Waals surface area contributed by atoms with E-state index in [-0.39, 0.29) is 10.8 Å². The van der Waals surface area contributed by atoms with Crippen molar-refractivity contribution < 1.29 is 4.74 Å². The van der Waals surface area contributed by atoms with Gasteiger partial charge in [0.15, 0.2) is 0 Å². The van der Waals surface area contributed by atoms with E-state index in [0.29, 0.717) is 11.7 Å². The van der Waals surface area contributed by atoms with E-state index < -0.39 is 0 Å². The van der Waals surface area contributed by atoms with Crippen LogP contribution < -0.4 is 4.74 Å². The summed E-state index contributed by atoms with van der Waals surface area (Å²) in [5, 5.41) is 4.95. The molecule has 1 fully saturated rings. The highest BCUT2D eigenvalue weighted by Gasteiger charge is 2.61. The van der Waals surface area contributed by atoms with Crippen LogP contribution in [0, 0.1) is 5.41 Å². The van der Waals surface area contributed by atoms with Crippen molar-refractivity contribution in [2.24, 2.45) is 5.41 Å². The number of hydrogen-bond donors (Lipinski definition) is 0. The van der Waals surface area contributed by atoms with Gasteiger partial charge in [-0.3, -0.25) is 0 Å². The van der Waals surface area contributed by atoms with Gasteiger partial charge in [-0.25, -0.2) is 14.5 Å². The molecule has 2 aliphatic carbocycles. The van der Waals surface area contributed by atoms with Gasteiger partial charge in [-0.2, -0.15) is 5.10 Å². The normalized spacial score (nSPS) is 26.2. The summed E-state index contributed by atoms with van der Waals surface area (Å²) in [5.74, 6) is 2.03. The predicted octanol–water partition coefficient (Wildman–Crippen LogP) is 3.97. The molecule has 2 atom stereocenters. The van der Waals surface area contributed by atoms with Crippen LogP contribution in [0.3, 0.4) is 0 Å². The molecule has 5 heteroatoms. The second-order valence-electron chi connectivity index (χ2n) is 8.09. The Labute approximate surface area is 147 Å². The van der Waals surface area contributed by atoms with Gasteiger partial charge in [-0.1, -0.05) is 20.8 Å². The summed E-state index contributed by atoms with van der Waals surface area (Å²) in [6.07, 6.45) is 4.37. The molecule has 1 aromatic carbocycles. The largest absolute Gasteiger partial charge is 0.497 e. The average Bonchev–Trinajstić information content (AvgIpc) is 3.17. The Morgan fingerprint density at radius 1 is 1.12 bits per heavy atom. The summed E-state index contributed by atoms with van der Waals surface area (Å²) in [4.78, 5) is 9.64. The first kappa shape index (κ1) is 14.9. The topological polar surface area (TPSA) is 52.3 Å². The van der Waals surface area contributed by atoms with Gasteiger partial charge in [0.2, 0.25) is 0 Å². The number of fused-ring (bicyclic) bond motifs is 6. The first-order chi connectivity index (χ1) is 11.9. The van der Waals surface area contributed by atoms with Gasteiger partial charge in [-0.05, 0) is 42.5 Å². The molecular weight excluding hydrogens is 312 g/mol. The summed E-state index contributed by atoms with van der Waals surface area (Å²) in [6.45, 7) is 7.07. The Hall–Kier alpha value is -2.43. The third-order valence-corrected chi connectivity index (χ3v) is 6.81. The molecule has 0 N–H and O–H groups in total. The van der Waals surface area contributed by atoms with Crippen LogP contribution in [-0.2, 0) is 5.41 Å². The number of ether oxygens (including phenoxy) is 1. The molecule has 5 rings (SSSR count). The standard InChI is InChI=1S/C20H22N4O/c1-19(2)14-9-10-20(19,3)17-16(14)22-18-21-15(11-24(18)23-17)12-5-7-13(25-4)8-6-12/h5-8,11,14H,9-10H2,1-4H3/t14-,20+/m0/s1. The summed E-state index contributed by atoms with van der Waals surface area (Å²) < 4.78 is 7.08. The molecule has 3 aromatic rings. The van der Waals surface area contributed by atoms with Crippen LogP contribution in [0.1, 0.15) is 50.9 Å². The number of methoxy groups -OCH3 is 1. The van der Waals surface area contributed by atoms with Crippen molar-refractivity contribution in [1.82, 2.24) is 19.6 Å². The second-order valence-corrected chi connectivity index (χ2v) is 8.09. The number of hydrogen-bond acceptors (Lipinski definition) is 4. The maximum absolute atomic E-state index is 5.23. The Balaban J connectivity index is 1.64. The Morgan fingerprint density at radius 2 is 1.88 bits per heavy atom. The molecule has 2 aliphatic rings. The van der Waals surface area contributed by atoms with Gasteiger partial charge in [0.25, 0.3) is 5.78 Å². The average molecular weight is 334 g/mol. The fourth-order valence-electron chi connectivity index (χ4n) is 4.77. The van der Waals surface area contributed by atoms with Crippen LogP contribution >= 0.6 is 0 Å². The first-order valence-corrected chi connectivity index (χ1v) is 8.86. The zero-order chi connectivity index (χ0) is 17.4. The van der Waals surface area contributed by atoms with Gasteiger partial charge >= 0.3 is 0 Å². The summed E-state index contributed by atoms with van der Waals surface area (Å²) >= 11 is 0. The molecule has 1 saturated carbocycles. The van der Waals surface area contributed by atoms with E-state index in [1.165, 1.54) is 18.5 Å². The molecule has 0 radical (unpaired) electrons. The minimum Gasteiger partial charge on any atom is -0.497 e. The quantitative estimate of drug-likeness (QED) is 0.711. The lowest BCUT2D eigenvalue weighted by Crippen LogP contribution is -2.32. The van der Waals surface area contributed by atoms with Crippen molar-refractivity contribution in [2.75, 3.05) is 7.11 Å². The predicted molar refractivity (Wildman–Crippen MR) is 95.9 cm³/mol. The zero-order valence-corrected chi connectivity index (χ0v) is 15.1. The van der Waals surface area contributed by atoms with Crippen molar-refractivity contribution in [3.63, 3.8) is 0 Å². The van der Waals surface area contributed by atoms with Crippen molar-refractivity contribution in [3.8, 4) is 17.0 Å². The highest BCUT2D eigenvalue weighted by molar-refractivity contribution is 5.62. The minimum absolute atomic E-state index is 0.110. The van der Waals surface area contributed by atoms with Crippen LogP contribution in [0.15, 0.2) is 30.5 Å². The monoisotopic (exact) mass is 334 g/mol. The number of nitrogens with zero attached hydrogens (tertiary/aromatic N) is 4. The van der Waals surface area contributed by atoms with Gasteiger partial charge in [0.1, 0.15) is 5.75 Å². The maximum Gasteiger partial charge on any atom is 0.251 e. The molecule has 25 heavy (non-hydrogen) atoms. The van der Waals surface area contributed by atoms with E-state index in [1.54, 1.807) is 7.11 Å². The Bertz CT molecular complexity index is 989. The third kappa shape index (κ3) is 1.76. The SMILES string of the molecule is COc1ccc(-c2cn3nc4c(nc3n2)[C@@H]2CC[C@@]4(C)C2(C)C)cc1. The molecule has 0 saturated heterocycles. The van der Waals surface area contributed by atoms with Crippen LogP contribution in [-0.4, -0.2) is 26.7 Å². The molecule has 5 nitrogen and oxygen atoms in total. The van der Waals surface area contributed by atoms with Crippen LogP contribution in [0.4, 0.5) is 0 Å². The van der Waals surface area contributed by atoms with Crippen molar-refractivity contribution in [3.05, 3.63) is 41.9 Å². The summed E-state index contributed by atoms with van der Waals surface area (Å²) in [5.41, 5.74) is 4.59. The van der Waals surface area contributed by atoms with Crippen LogP contribution in [0.25, 0.3) is 17.0 Å². The van der Waals surface area contributed by atoms with Gasteiger partial charge in [0.05, 0.1) is 30.4 Å². The Kier molecular flexibility index (Phi) is 2.73.